The largest absolute Gasteiger partial charge is 0.390 e. The molecule has 2 aliphatic heterocycles. The van der Waals surface area contributed by atoms with Gasteiger partial charge in [-0.05, 0) is 52.0 Å². The van der Waals surface area contributed by atoms with Crippen LogP contribution in [0.2, 0.25) is 0 Å². The highest BCUT2D eigenvalue weighted by atomic mass is 16.7. The number of carbonyl (C=O) groups is 1. The molecule has 0 aromatic heterocycles. The number of amides is 1. The Bertz CT molecular complexity index is 422. The van der Waals surface area contributed by atoms with Crippen molar-refractivity contribution in [3.8, 4) is 0 Å². The molecule has 2 fully saturated rings. The van der Waals surface area contributed by atoms with Gasteiger partial charge in [-0.1, -0.05) is 6.08 Å². The Balaban J connectivity index is 1.66. The topological polar surface area (TPSA) is 79.2 Å². The van der Waals surface area contributed by atoms with Crippen LogP contribution in [0.25, 0.3) is 0 Å². The molecule has 0 aromatic rings. The fourth-order valence-corrected chi connectivity index (χ4v) is 3.10. The predicted octanol–water partition coefficient (Wildman–Crippen LogP) is 1.60. The first kappa shape index (κ1) is 19.4. The maximum absolute atomic E-state index is 12.0. The Labute approximate surface area is 144 Å². The van der Waals surface area contributed by atoms with Gasteiger partial charge in [0, 0.05) is 19.5 Å². The lowest BCUT2D eigenvalue weighted by molar-refractivity contribution is -0.273. The summed E-state index contributed by atoms with van der Waals surface area (Å²) in [5.74, 6) is 0.0946. The standard InChI is InChI=1S/C18H31NO5/c1-13(23-18-16(21)12-15(20)14(2)24-18)8-4-5-9-17(22)19-10-6-3-7-11-19/h5,9,13-16,18,20-21H,3-4,6-8,10-12H2,1-2H3/b9-5+/t13-,14+,15-,16-,18?/m1/s1. The molecule has 0 saturated carbocycles. The van der Waals surface area contributed by atoms with E-state index >= 15 is 0 Å². The minimum absolute atomic E-state index is 0.0946. The van der Waals surface area contributed by atoms with E-state index < -0.39 is 18.5 Å². The quantitative estimate of drug-likeness (QED) is 0.718. The van der Waals surface area contributed by atoms with E-state index in [0.717, 1.165) is 38.8 Å². The third kappa shape index (κ3) is 5.84. The Hall–Kier alpha value is -0.950. The summed E-state index contributed by atoms with van der Waals surface area (Å²) in [5.41, 5.74) is 0. The van der Waals surface area contributed by atoms with Gasteiger partial charge in [0.25, 0.3) is 0 Å². The van der Waals surface area contributed by atoms with E-state index in [1.807, 2.05) is 17.9 Å². The van der Waals surface area contributed by atoms with E-state index in [4.69, 9.17) is 9.47 Å². The van der Waals surface area contributed by atoms with Crippen LogP contribution in [0.15, 0.2) is 12.2 Å². The zero-order chi connectivity index (χ0) is 17.5. The fraction of sp³-hybridized carbons (Fsp3) is 0.833. The molecule has 0 aliphatic carbocycles. The maximum atomic E-state index is 12.0. The van der Waals surface area contributed by atoms with Gasteiger partial charge in [-0.25, -0.2) is 0 Å². The first-order chi connectivity index (χ1) is 11.5. The molecular weight excluding hydrogens is 310 g/mol. The molecule has 2 aliphatic rings. The van der Waals surface area contributed by atoms with Gasteiger partial charge in [0.05, 0.1) is 18.3 Å². The van der Waals surface area contributed by atoms with E-state index in [0.29, 0.717) is 0 Å². The third-order valence-electron chi connectivity index (χ3n) is 4.72. The van der Waals surface area contributed by atoms with Gasteiger partial charge in [0.1, 0.15) is 6.10 Å². The maximum Gasteiger partial charge on any atom is 0.246 e. The summed E-state index contributed by atoms with van der Waals surface area (Å²) in [6.07, 6.45) is 6.11. The van der Waals surface area contributed by atoms with Crippen LogP contribution in [-0.2, 0) is 14.3 Å². The van der Waals surface area contributed by atoms with Gasteiger partial charge >= 0.3 is 0 Å². The number of ether oxygens (including phenoxy) is 2. The number of piperidine rings is 1. The number of carbonyl (C=O) groups excluding carboxylic acids is 1. The van der Waals surface area contributed by atoms with Gasteiger partial charge in [0.2, 0.25) is 5.91 Å². The van der Waals surface area contributed by atoms with Gasteiger partial charge in [-0.2, -0.15) is 0 Å². The second-order valence-electron chi connectivity index (χ2n) is 6.89. The molecule has 0 radical (unpaired) electrons. The molecule has 2 saturated heterocycles. The number of aliphatic hydroxyl groups is 2. The summed E-state index contributed by atoms with van der Waals surface area (Å²) < 4.78 is 11.2. The van der Waals surface area contributed by atoms with E-state index in [2.05, 4.69) is 0 Å². The molecule has 2 N–H and O–H groups in total. The first-order valence-corrected chi connectivity index (χ1v) is 9.10. The van der Waals surface area contributed by atoms with E-state index in [-0.39, 0.29) is 24.5 Å². The fourth-order valence-electron chi connectivity index (χ4n) is 3.10. The predicted molar refractivity (Wildman–Crippen MR) is 90.3 cm³/mol. The number of nitrogens with zero attached hydrogens (tertiary/aromatic N) is 1. The molecule has 1 amide bonds. The highest BCUT2D eigenvalue weighted by Gasteiger charge is 2.35. The molecule has 1 unspecified atom stereocenters. The molecule has 0 bridgehead atoms. The van der Waals surface area contributed by atoms with Crippen molar-refractivity contribution in [1.82, 2.24) is 4.90 Å². The molecule has 2 heterocycles. The summed E-state index contributed by atoms with van der Waals surface area (Å²) in [6, 6.07) is 0. The van der Waals surface area contributed by atoms with Crippen molar-refractivity contribution in [3.63, 3.8) is 0 Å². The first-order valence-electron chi connectivity index (χ1n) is 9.10. The molecule has 5 atom stereocenters. The highest BCUT2D eigenvalue weighted by molar-refractivity contribution is 5.87. The van der Waals surface area contributed by atoms with Gasteiger partial charge < -0.3 is 24.6 Å². The van der Waals surface area contributed by atoms with Crippen LogP contribution >= 0.6 is 0 Å². The Morgan fingerprint density at radius 2 is 2.00 bits per heavy atom. The average Bonchev–Trinajstić information content (AvgIpc) is 2.57. The minimum Gasteiger partial charge on any atom is -0.390 e. The van der Waals surface area contributed by atoms with Crippen LogP contribution in [0.3, 0.4) is 0 Å². The van der Waals surface area contributed by atoms with Crippen molar-refractivity contribution >= 4 is 5.91 Å². The summed E-state index contributed by atoms with van der Waals surface area (Å²) in [5, 5.41) is 19.6. The smallest absolute Gasteiger partial charge is 0.246 e. The van der Waals surface area contributed by atoms with Crippen molar-refractivity contribution < 1.29 is 24.5 Å². The van der Waals surface area contributed by atoms with Crippen molar-refractivity contribution in [3.05, 3.63) is 12.2 Å². The molecule has 0 aromatic carbocycles. The van der Waals surface area contributed by atoms with Crippen molar-refractivity contribution in [2.75, 3.05) is 13.1 Å². The Morgan fingerprint density at radius 3 is 2.71 bits per heavy atom. The van der Waals surface area contributed by atoms with Crippen LogP contribution in [0, 0.1) is 0 Å². The lowest BCUT2D eigenvalue weighted by Gasteiger charge is -2.36. The third-order valence-corrected chi connectivity index (χ3v) is 4.72. The second-order valence-corrected chi connectivity index (χ2v) is 6.89. The van der Waals surface area contributed by atoms with Gasteiger partial charge in [-0.3, -0.25) is 4.79 Å². The number of likely N-dealkylation sites (tertiary alicyclic amines) is 1. The lowest BCUT2D eigenvalue weighted by Crippen LogP contribution is -2.48. The number of allylic oxidation sites excluding steroid dienone is 1. The van der Waals surface area contributed by atoms with Gasteiger partial charge in [0.15, 0.2) is 6.29 Å². The number of hydrogen-bond acceptors (Lipinski definition) is 5. The number of aliphatic hydroxyl groups excluding tert-OH is 2. The summed E-state index contributed by atoms with van der Waals surface area (Å²) in [7, 11) is 0. The van der Waals surface area contributed by atoms with Crippen LogP contribution < -0.4 is 0 Å². The molecule has 6 nitrogen and oxygen atoms in total. The minimum atomic E-state index is -0.810. The Kier molecular flexibility index (Phi) is 7.68. The number of hydrogen-bond donors (Lipinski definition) is 2. The highest BCUT2D eigenvalue weighted by Crippen LogP contribution is 2.22. The van der Waals surface area contributed by atoms with Crippen molar-refractivity contribution in [1.29, 1.82) is 0 Å². The van der Waals surface area contributed by atoms with Crippen molar-refractivity contribution in [2.45, 2.75) is 83.1 Å². The summed E-state index contributed by atoms with van der Waals surface area (Å²) in [4.78, 5) is 13.9. The van der Waals surface area contributed by atoms with Crippen LogP contribution in [0.5, 0.6) is 0 Å². The monoisotopic (exact) mass is 341 g/mol. The molecular formula is C18H31NO5. The zero-order valence-corrected chi connectivity index (χ0v) is 14.8. The van der Waals surface area contributed by atoms with Crippen molar-refractivity contribution in [2.24, 2.45) is 0 Å². The second kappa shape index (κ2) is 9.51. The van der Waals surface area contributed by atoms with Crippen LogP contribution in [-0.4, -0.2) is 64.8 Å². The van der Waals surface area contributed by atoms with Gasteiger partial charge in [-0.15, -0.1) is 0 Å². The average molecular weight is 341 g/mol. The molecule has 138 valence electrons. The Morgan fingerprint density at radius 1 is 1.29 bits per heavy atom. The number of rotatable bonds is 6. The molecule has 0 spiro atoms. The molecule has 24 heavy (non-hydrogen) atoms. The van der Waals surface area contributed by atoms with E-state index in [9.17, 15) is 15.0 Å². The SMILES string of the molecule is C[C@H](CC/C=C/C(=O)N1CCCCC1)OC1O[C@@H](C)[C@H](O)C[C@H]1O. The zero-order valence-electron chi connectivity index (χ0n) is 14.8. The summed E-state index contributed by atoms with van der Waals surface area (Å²) in [6.45, 7) is 5.42. The molecule has 6 heteroatoms. The summed E-state index contributed by atoms with van der Waals surface area (Å²) >= 11 is 0. The van der Waals surface area contributed by atoms with E-state index in [1.165, 1.54) is 6.42 Å². The van der Waals surface area contributed by atoms with Crippen LogP contribution in [0.1, 0.15) is 52.4 Å². The lowest BCUT2D eigenvalue weighted by atomic mass is 10.0. The normalized spacial score (nSPS) is 32.9. The molecule has 2 rings (SSSR count). The van der Waals surface area contributed by atoms with Crippen LogP contribution in [0.4, 0.5) is 0 Å². The van der Waals surface area contributed by atoms with E-state index in [1.54, 1.807) is 13.0 Å².